The molecule has 25 heavy (non-hydrogen) atoms. The number of carbonyl (C=O) groups is 1. The summed E-state index contributed by atoms with van der Waals surface area (Å²) in [5.41, 5.74) is 2.45. The Morgan fingerprint density at radius 2 is 1.96 bits per heavy atom. The predicted molar refractivity (Wildman–Crippen MR) is 95.8 cm³/mol. The zero-order chi connectivity index (χ0) is 17.2. The summed E-state index contributed by atoms with van der Waals surface area (Å²) in [5, 5.41) is 0. The van der Waals surface area contributed by atoms with Crippen LogP contribution in [0, 0.1) is 5.92 Å². The van der Waals surface area contributed by atoms with Gasteiger partial charge in [-0.3, -0.25) is 4.79 Å². The highest BCUT2D eigenvalue weighted by molar-refractivity contribution is 5.79. The van der Waals surface area contributed by atoms with Gasteiger partial charge in [-0.05, 0) is 36.1 Å². The fraction of sp³-hybridized carbons (Fsp3) is 0.381. The van der Waals surface area contributed by atoms with Crippen LogP contribution in [0.3, 0.4) is 0 Å². The summed E-state index contributed by atoms with van der Waals surface area (Å²) in [4.78, 5) is 14.8. The molecule has 1 fully saturated rings. The molecule has 2 aromatic carbocycles. The molecule has 0 saturated carbocycles. The number of rotatable bonds is 4. The molecule has 4 heteroatoms. The fourth-order valence-electron chi connectivity index (χ4n) is 3.77. The summed E-state index contributed by atoms with van der Waals surface area (Å²) in [7, 11) is 0. The molecule has 2 aliphatic heterocycles. The molecule has 1 amide bonds. The van der Waals surface area contributed by atoms with E-state index in [4.69, 9.17) is 9.47 Å². The van der Waals surface area contributed by atoms with Crippen LogP contribution in [-0.4, -0.2) is 30.7 Å². The number of hydrogen-bond acceptors (Lipinski definition) is 3. The largest absolute Gasteiger partial charge is 0.454 e. The molecule has 0 spiro atoms. The third-order valence-corrected chi connectivity index (χ3v) is 5.17. The molecule has 0 radical (unpaired) electrons. The molecule has 1 saturated heterocycles. The zero-order valence-corrected chi connectivity index (χ0v) is 14.5. The Balaban J connectivity index is 1.39. The molecule has 4 nitrogen and oxygen atoms in total. The lowest BCUT2D eigenvalue weighted by atomic mass is 9.97. The van der Waals surface area contributed by atoms with E-state index in [0.29, 0.717) is 12.7 Å². The second-order valence-corrected chi connectivity index (χ2v) is 6.97. The van der Waals surface area contributed by atoms with Crippen molar-refractivity contribution in [2.75, 3.05) is 19.9 Å². The maximum atomic E-state index is 12.8. The molecule has 0 aliphatic carbocycles. The monoisotopic (exact) mass is 337 g/mol. The van der Waals surface area contributed by atoms with Crippen LogP contribution in [0.4, 0.5) is 0 Å². The molecule has 0 N–H and O–H groups in total. The molecule has 0 aromatic heterocycles. The van der Waals surface area contributed by atoms with Crippen LogP contribution in [-0.2, 0) is 11.2 Å². The first-order chi connectivity index (χ1) is 12.2. The van der Waals surface area contributed by atoms with Gasteiger partial charge in [-0.25, -0.2) is 0 Å². The van der Waals surface area contributed by atoms with Crippen molar-refractivity contribution in [1.29, 1.82) is 0 Å². The Morgan fingerprint density at radius 1 is 1.16 bits per heavy atom. The van der Waals surface area contributed by atoms with Gasteiger partial charge in [0.05, 0.1) is 0 Å². The van der Waals surface area contributed by atoms with Gasteiger partial charge in [-0.2, -0.15) is 0 Å². The summed E-state index contributed by atoms with van der Waals surface area (Å²) in [5.74, 6) is 2.28. The number of nitrogens with zero attached hydrogens (tertiary/aromatic N) is 1. The molecule has 0 bridgehead atoms. The topological polar surface area (TPSA) is 38.8 Å². The van der Waals surface area contributed by atoms with Crippen LogP contribution in [0.2, 0.25) is 0 Å². The second-order valence-electron chi connectivity index (χ2n) is 6.97. The molecule has 2 unspecified atom stereocenters. The predicted octanol–water partition coefficient (Wildman–Crippen LogP) is 3.61. The number of hydrogen-bond donors (Lipinski definition) is 0. The number of benzene rings is 2. The first-order valence-electron chi connectivity index (χ1n) is 8.93. The van der Waals surface area contributed by atoms with Gasteiger partial charge in [0, 0.05) is 24.9 Å². The van der Waals surface area contributed by atoms with Crippen LogP contribution >= 0.6 is 0 Å². The average Bonchev–Trinajstić information content (AvgIpc) is 3.30. The van der Waals surface area contributed by atoms with Crippen molar-refractivity contribution in [2.24, 2.45) is 5.92 Å². The van der Waals surface area contributed by atoms with Crippen LogP contribution in [0.5, 0.6) is 11.5 Å². The average molecular weight is 337 g/mol. The van der Waals surface area contributed by atoms with E-state index in [0.717, 1.165) is 37.4 Å². The lowest BCUT2D eigenvalue weighted by Gasteiger charge is -2.21. The van der Waals surface area contributed by atoms with E-state index in [1.54, 1.807) is 0 Å². The third kappa shape index (κ3) is 3.34. The minimum atomic E-state index is 0.0119. The minimum Gasteiger partial charge on any atom is -0.454 e. The summed E-state index contributed by atoms with van der Waals surface area (Å²) < 4.78 is 10.9. The Kier molecular flexibility index (Phi) is 4.35. The SMILES string of the molecule is CC(Cc1ccccc1)C(=O)N1CCC(c2ccc3c(c2)OCO3)C1. The third-order valence-electron chi connectivity index (χ3n) is 5.17. The van der Waals surface area contributed by atoms with Crippen molar-refractivity contribution in [3.05, 3.63) is 59.7 Å². The summed E-state index contributed by atoms with van der Waals surface area (Å²) >= 11 is 0. The Bertz CT molecular complexity index is 759. The second kappa shape index (κ2) is 6.79. The van der Waals surface area contributed by atoms with Gasteiger partial charge in [-0.15, -0.1) is 0 Å². The number of likely N-dealkylation sites (tertiary alicyclic amines) is 1. The van der Waals surface area contributed by atoms with E-state index in [-0.39, 0.29) is 11.8 Å². The lowest BCUT2D eigenvalue weighted by molar-refractivity contribution is -0.133. The molecule has 2 aliphatic rings. The van der Waals surface area contributed by atoms with Crippen molar-refractivity contribution in [3.8, 4) is 11.5 Å². The van der Waals surface area contributed by atoms with Gasteiger partial charge in [0.25, 0.3) is 0 Å². The molecule has 4 rings (SSSR count). The van der Waals surface area contributed by atoms with Gasteiger partial charge < -0.3 is 14.4 Å². The molecule has 2 atom stereocenters. The van der Waals surface area contributed by atoms with Gasteiger partial charge >= 0.3 is 0 Å². The van der Waals surface area contributed by atoms with Crippen molar-refractivity contribution in [3.63, 3.8) is 0 Å². The van der Waals surface area contributed by atoms with Crippen molar-refractivity contribution < 1.29 is 14.3 Å². The first-order valence-corrected chi connectivity index (χ1v) is 8.93. The van der Waals surface area contributed by atoms with Crippen molar-refractivity contribution in [2.45, 2.75) is 25.7 Å². The normalized spacial score (nSPS) is 19.9. The van der Waals surface area contributed by atoms with Gasteiger partial charge in [0.2, 0.25) is 12.7 Å². The maximum absolute atomic E-state index is 12.8. The maximum Gasteiger partial charge on any atom is 0.231 e. The Labute approximate surface area is 148 Å². The van der Waals surface area contributed by atoms with E-state index >= 15 is 0 Å². The molecule has 130 valence electrons. The van der Waals surface area contributed by atoms with E-state index in [1.165, 1.54) is 11.1 Å². The van der Waals surface area contributed by atoms with E-state index in [1.807, 2.05) is 36.1 Å². The lowest BCUT2D eigenvalue weighted by Crippen LogP contribution is -2.34. The van der Waals surface area contributed by atoms with Gasteiger partial charge in [0.15, 0.2) is 11.5 Å². The standard InChI is InChI=1S/C21H23NO3/c1-15(11-16-5-3-2-4-6-16)21(23)22-10-9-18(13-22)17-7-8-19-20(12-17)25-14-24-19/h2-8,12,15,18H,9-11,13-14H2,1H3. The number of ether oxygens (including phenoxy) is 2. The van der Waals surface area contributed by atoms with E-state index in [9.17, 15) is 4.79 Å². The Hall–Kier alpha value is -2.49. The summed E-state index contributed by atoms with van der Waals surface area (Å²) in [6.07, 6.45) is 1.80. The number of carbonyl (C=O) groups excluding carboxylic acids is 1. The van der Waals surface area contributed by atoms with Crippen molar-refractivity contribution in [1.82, 2.24) is 4.90 Å². The molecular weight excluding hydrogens is 314 g/mol. The highest BCUT2D eigenvalue weighted by atomic mass is 16.7. The van der Waals surface area contributed by atoms with Crippen LogP contribution in [0.1, 0.15) is 30.4 Å². The van der Waals surface area contributed by atoms with E-state index < -0.39 is 0 Å². The molecule has 2 heterocycles. The highest BCUT2D eigenvalue weighted by Gasteiger charge is 2.30. The quantitative estimate of drug-likeness (QED) is 0.855. The number of amides is 1. The molecule has 2 aromatic rings. The zero-order valence-electron chi connectivity index (χ0n) is 14.5. The van der Waals surface area contributed by atoms with Gasteiger partial charge in [-0.1, -0.05) is 43.3 Å². The minimum absolute atomic E-state index is 0.0119. The number of fused-ring (bicyclic) bond motifs is 1. The highest BCUT2D eigenvalue weighted by Crippen LogP contribution is 2.37. The fourth-order valence-corrected chi connectivity index (χ4v) is 3.77. The first kappa shape index (κ1) is 16.0. The van der Waals surface area contributed by atoms with Crippen molar-refractivity contribution >= 4 is 5.91 Å². The summed E-state index contributed by atoms with van der Waals surface area (Å²) in [6.45, 7) is 3.95. The van der Waals surface area contributed by atoms with Crippen LogP contribution in [0.25, 0.3) is 0 Å². The van der Waals surface area contributed by atoms with E-state index in [2.05, 4.69) is 24.3 Å². The smallest absolute Gasteiger partial charge is 0.231 e. The summed E-state index contributed by atoms with van der Waals surface area (Å²) in [6, 6.07) is 16.4. The van der Waals surface area contributed by atoms with Crippen LogP contribution < -0.4 is 9.47 Å². The van der Waals surface area contributed by atoms with Crippen LogP contribution in [0.15, 0.2) is 48.5 Å². The molecular formula is C21H23NO3. The Morgan fingerprint density at radius 3 is 2.80 bits per heavy atom. The van der Waals surface area contributed by atoms with Gasteiger partial charge in [0.1, 0.15) is 0 Å².